The Morgan fingerprint density at radius 2 is 1.90 bits per heavy atom. The molecule has 0 spiro atoms. The van der Waals surface area contributed by atoms with Crippen LogP contribution in [-0.4, -0.2) is 34.3 Å². The number of nitrogens with one attached hydrogen (secondary N) is 1. The Kier molecular flexibility index (Phi) is 5.24. The van der Waals surface area contributed by atoms with Gasteiger partial charge in [0.15, 0.2) is 5.82 Å². The first-order chi connectivity index (χ1) is 15.2. The van der Waals surface area contributed by atoms with Crippen molar-refractivity contribution in [3.63, 3.8) is 0 Å². The number of hydrogen-bond donors (Lipinski definition) is 2. The van der Waals surface area contributed by atoms with E-state index >= 15 is 0 Å². The van der Waals surface area contributed by atoms with E-state index in [1.54, 1.807) is 11.3 Å². The largest absolute Gasteiger partial charge is 0.393 e. The molecule has 0 radical (unpaired) electrons. The molecule has 3 heterocycles. The van der Waals surface area contributed by atoms with E-state index in [0.29, 0.717) is 17.2 Å². The van der Waals surface area contributed by atoms with Gasteiger partial charge in [-0.15, -0.1) is 11.3 Å². The molecular formula is C24H21N5OS. The summed E-state index contributed by atoms with van der Waals surface area (Å²) in [6.45, 7) is 1.51. The summed E-state index contributed by atoms with van der Waals surface area (Å²) in [6, 6.07) is 20.0. The molecule has 2 aromatic carbocycles. The fourth-order valence-corrected chi connectivity index (χ4v) is 4.57. The molecule has 31 heavy (non-hydrogen) atoms. The van der Waals surface area contributed by atoms with E-state index in [0.717, 1.165) is 53.1 Å². The van der Waals surface area contributed by atoms with Crippen molar-refractivity contribution in [1.82, 2.24) is 9.97 Å². The molecule has 5 rings (SSSR count). The van der Waals surface area contributed by atoms with Gasteiger partial charge in [-0.1, -0.05) is 18.2 Å². The molecule has 1 aliphatic rings. The zero-order valence-corrected chi connectivity index (χ0v) is 17.6. The van der Waals surface area contributed by atoms with Gasteiger partial charge in [0.05, 0.1) is 27.7 Å². The summed E-state index contributed by atoms with van der Waals surface area (Å²) in [4.78, 5) is 12.7. The molecule has 1 fully saturated rings. The Bertz CT molecular complexity index is 1260. The molecule has 6 nitrogen and oxygen atoms in total. The Balaban J connectivity index is 1.50. The van der Waals surface area contributed by atoms with Crippen molar-refractivity contribution in [2.24, 2.45) is 0 Å². The average Bonchev–Trinajstić information content (AvgIpc) is 3.35. The molecule has 0 unspecified atom stereocenters. The number of rotatable bonds is 4. The van der Waals surface area contributed by atoms with E-state index in [-0.39, 0.29) is 6.10 Å². The molecular weight excluding hydrogens is 406 g/mol. The van der Waals surface area contributed by atoms with Crippen LogP contribution in [0.15, 0.2) is 60.0 Å². The van der Waals surface area contributed by atoms with Crippen molar-refractivity contribution >= 4 is 39.4 Å². The highest BCUT2D eigenvalue weighted by Gasteiger charge is 2.20. The number of aromatic nitrogens is 2. The normalized spacial score (nSPS) is 14.5. The number of para-hydroxylation sites is 1. The molecule has 0 bridgehead atoms. The predicted octanol–water partition coefficient (Wildman–Crippen LogP) is 4.93. The van der Waals surface area contributed by atoms with Crippen LogP contribution < -0.4 is 10.2 Å². The molecule has 1 saturated heterocycles. The second kappa shape index (κ2) is 8.34. The minimum atomic E-state index is -0.244. The van der Waals surface area contributed by atoms with Crippen molar-refractivity contribution in [3.8, 4) is 16.8 Å². The smallest absolute Gasteiger partial charge is 0.172 e. The molecule has 2 aromatic heterocycles. The monoisotopic (exact) mass is 427 g/mol. The Labute approximate surface area is 184 Å². The van der Waals surface area contributed by atoms with Crippen LogP contribution >= 0.6 is 11.3 Å². The first-order valence-corrected chi connectivity index (χ1v) is 11.1. The molecule has 4 aromatic rings. The van der Waals surface area contributed by atoms with Gasteiger partial charge in [0.1, 0.15) is 11.9 Å². The third-order valence-corrected chi connectivity index (χ3v) is 6.40. The maximum Gasteiger partial charge on any atom is 0.172 e. The molecule has 0 atom stereocenters. The summed E-state index contributed by atoms with van der Waals surface area (Å²) in [7, 11) is 0. The lowest BCUT2D eigenvalue weighted by molar-refractivity contribution is 0.145. The van der Waals surface area contributed by atoms with Crippen LogP contribution in [0.4, 0.5) is 17.2 Å². The van der Waals surface area contributed by atoms with E-state index in [2.05, 4.69) is 16.3 Å². The van der Waals surface area contributed by atoms with Gasteiger partial charge in [-0.3, -0.25) is 0 Å². The van der Waals surface area contributed by atoms with Crippen LogP contribution in [0.1, 0.15) is 18.4 Å². The topological polar surface area (TPSA) is 85.1 Å². The van der Waals surface area contributed by atoms with Gasteiger partial charge in [-0.05, 0) is 54.6 Å². The summed E-state index contributed by atoms with van der Waals surface area (Å²) >= 11 is 1.60. The van der Waals surface area contributed by atoms with Crippen molar-refractivity contribution in [2.45, 2.75) is 18.9 Å². The lowest BCUT2D eigenvalue weighted by Gasteiger charge is -2.32. The second-order valence-electron chi connectivity index (χ2n) is 7.58. The van der Waals surface area contributed by atoms with Gasteiger partial charge in [0.2, 0.25) is 0 Å². The summed E-state index contributed by atoms with van der Waals surface area (Å²) in [6.07, 6.45) is 1.21. The zero-order chi connectivity index (χ0) is 21.2. The highest BCUT2D eigenvalue weighted by atomic mass is 32.1. The van der Waals surface area contributed by atoms with Gasteiger partial charge >= 0.3 is 0 Å². The third kappa shape index (κ3) is 3.96. The van der Waals surface area contributed by atoms with Gasteiger partial charge in [0.25, 0.3) is 0 Å². The second-order valence-corrected chi connectivity index (χ2v) is 8.52. The molecule has 1 aliphatic heterocycles. The lowest BCUT2D eigenvalue weighted by Crippen LogP contribution is -2.36. The number of anilines is 3. The highest BCUT2D eigenvalue weighted by Crippen LogP contribution is 2.31. The van der Waals surface area contributed by atoms with Gasteiger partial charge in [-0.2, -0.15) is 5.26 Å². The zero-order valence-electron chi connectivity index (χ0n) is 16.8. The van der Waals surface area contributed by atoms with Crippen molar-refractivity contribution in [3.05, 3.63) is 65.5 Å². The number of nitriles is 1. The fraction of sp³-hybridized carbons (Fsp3) is 0.208. The van der Waals surface area contributed by atoms with Gasteiger partial charge < -0.3 is 15.3 Å². The van der Waals surface area contributed by atoms with Crippen LogP contribution in [0.3, 0.4) is 0 Å². The van der Waals surface area contributed by atoms with E-state index < -0.39 is 0 Å². The summed E-state index contributed by atoms with van der Waals surface area (Å²) in [5.74, 6) is 1.40. The number of aliphatic hydroxyl groups is 1. The minimum Gasteiger partial charge on any atom is -0.393 e. The number of fused-ring (bicyclic) bond motifs is 1. The van der Waals surface area contributed by atoms with E-state index in [9.17, 15) is 10.4 Å². The lowest BCUT2D eigenvalue weighted by atomic mass is 10.0. The van der Waals surface area contributed by atoms with E-state index in [1.165, 1.54) is 0 Å². The number of benzene rings is 2. The number of nitrogens with zero attached hydrogens (tertiary/aromatic N) is 4. The Morgan fingerprint density at radius 1 is 1.06 bits per heavy atom. The third-order valence-electron chi connectivity index (χ3n) is 5.53. The summed E-state index contributed by atoms with van der Waals surface area (Å²) < 4.78 is 0. The first-order valence-electron chi connectivity index (χ1n) is 10.3. The quantitative estimate of drug-likeness (QED) is 0.480. The number of aliphatic hydroxyl groups excluding tert-OH is 1. The summed E-state index contributed by atoms with van der Waals surface area (Å²) in [5.41, 5.74) is 3.19. The van der Waals surface area contributed by atoms with Gasteiger partial charge in [-0.25, -0.2) is 9.97 Å². The number of piperidine rings is 1. The number of hydrogen-bond acceptors (Lipinski definition) is 7. The fourth-order valence-electron chi connectivity index (χ4n) is 3.91. The minimum absolute atomic E-state index is 0.244. The van der Waals surface area contributed by atoms with Crippen LogP contribution in [0.5, 0.6) is 0 Å². The first kappa shape index (κ1) is 19.5. The van der Waals surface area contributed by atoms with Crippen molar-refractivity contribution in [1.29, 1.82) is 5.26 Å². The average molecular weight is 428 g/mol. The Hall–Kier alpha value is -3.47. The predicted molar refractivity (Wildman–Crippen MR) is 125 cm³/mol. The van der Waals surface area contributed by atoms with Crippen molar-refractivity contribution in [2.75, 3.05) is 23.3 Å². The number of thiophene rings is 1. The Morgan fingerprint density at radius 3 is 2.68 bits per heavy atom. The molecule has 0 saturated carbocycles. The van der Waals surface area contributed by atoms with E-state index in [4.69, 9.17) is 9.97 Å². The van der Waals surface area contributed by atoms with E-state index in [1.807, 2.05) is 60.0 Å². The van der Waals surface area contributed by atoms with Crippen LogP contribution in [0, 0.1) is 11.3 Å². The van der Waals surface area contributed by atoms with Crippen LogP contribution in [-0.2, 0) is 0 Å². The van der Waals surface area contributed by atoms with Crippen LogP contribution in [0.2, 0.25) is 0 Å². The molecule has 7 heteroatoms. The van der Waals surface area contributed by atoms with Gasteiger partial charge in [0, 0.05) is 24.2 Å². The maximum absolute atomic E-state index is 9.77. The highest BCUT2D eigenvalue weighted by molar-refractivity contribution is 7.13. The standard InChI is InChI=1S/C24H21N5OS/c25-15-16-14-17(7-8-21(16)29-11-9-18(30)10-12-29)26-23-19-4-1-2-5-20(19)27-24(28-23)22-6-3-13-31-22/h1-8,13-14,18,30H,9-12H2,(H,26,27,28). The van der Waals surface area contributed by atoms with Crippen molar-refractivity contribution < 1.29 is 5.11 Å². The van der Waals surface area contributed by atoms with Crippen LogP contribution in [0.25, 0.3) is 21.6 Å². The SMILES string of the molecule is N#Cc1cc(Nc2nc(-c3cccs3)nc3ccccc23)ccc1N1CCC(O)CC1. The molecule has 2 N–H and O–H groups in total. The molecule has 0 aliphatic carbocycles. The summed E-state index contributed by atoms with van der Waals surface area (Å²) in [5, 5.41) is 25.9. The molecule has 0 amide bonds. The molecule has 154 valence electrons. The maximum atomic E-state index is 9.77.